The number of nitrogens with two attached hydrogens (primary N) is 1. The number of anilines is 1. The molecule has 0 unspecified atom stereocenters. The number of nitrogens with zero attached hydrogens (tertiary/aromatic N) is 4. The molecule has 2 aromatic heterocycles. The van der Waals surface area contributed by atoms with E-state index in [0.29, 0.717) is 31.3 Å². The van der Waals surface area contributed by atoms with E-state index >= 15 is 0 Å². The van der Waals surface area contributed by atoms with Gasteiger partial charge in [0, 0.05) is 18.5 Å². The molecular formula is C31H39N5O2. The maximum absolute atomic E-state index is 13.0. The highest BCUT2D eigenvalue weighted by atomic mass is 16.5. The summed E-state index contributed by atoms with van der Waals surface area (Å²) in [6.45, 7) is 12.2. The first-order valence-electron chi connectivity index (χ1n) is 13.4. The van der Waals surface area contributed by atoms with E-state index in [1.165, 1.54) is 11.1 Å². The third-order valence-corrected chi connectivity index (χ3v) is 6.77. The summed E-state index contributed by atoms with van der Waals surface area (Å²) in [7, 11) is 0. The minimum atomic E-state index is -0.0473. The van der Waals surface area contributed by atoms with Crippen LogP contribution in [0.3, 0.4) is 0 Å². The van der Waals surface area contributed by atoms with E-state index in [4.69, 9.17) is 15.6 Å². The molecule has 0 aliphatic carbocycles. The maximum Gasteiger partial charge on any atom is 0.346 e. The van der Waals surface area contributed by atoms with Crippen molar-refractivity contribution in [1.29, 1.82) is 0 Å². The van der Waals surface area contributed by atoms with Crippen LogP contribution in [0.5, 0.6) is 5.75 Å². The molecule has 4 aromatic rings. The van der Waals surface area contributed by atoms with Crippen LogP contribution >= 0.6 is 0 Å². The van der Waals surface area contributed by atoms with Gasteiger partial charge in [0.25, 0.3) is 0 Å². The number of aryl methyl sites for hydroxylation is 2. The largest absolute Gasteiger partial charge is 0.490 e. The molecular weight excluding hydrogens is 474 g/mol. The van der Waals surface area contributed by atoms with Gasteiger partial charge in [-0.1, -0.05) is 69.3 Å². The molecule has 0 saturated heterocycles. The molecule has 0 bridgehead atoms. The molecule has 7 nitrogen and oxygen atoms in total. The summed E-state index contributed by atoms with van der Waals surface area (Å²) in [5, 5.41) is 4.70. The molecule has 4 rings (SSSR count). The number of aromatic nitrogens is 4. The van der Waals surface area contributed by atoms with E-state index in [-0.39, 0.29) is 11.1 Å². The van der Waals surface area contributed by atoms with Gasteiger partial charge in [-0.15, -0.1) is 0 Å². The molecule has 2 aromatic carbocycles. The molecule has 0 fully saturated rings. The number of hydrogen-bond donors (Lipinski definition) is 1. The lowest BCUT2D eigenvalue weighted by molar-refractivity contribution is 0.341. The maximum atomic E-state index is 13.0. The fourth-order valence-electron chi connectivity index (χ4n) is 4.57. The van der Waals surface area contributed by atoms with Gasteiger partial charge in [-0.3, -0.25) is 4.57 Å². The summed E-state index contributed by atoms with van der Waals surface area (Å²) in [5.41, 5.74) is 11.5. The molecule has 200 valence electrons. The fraction of sp³-hybridized carbons (Fsp3) is 0.387. The smallest absolute Gasteiger partial charge is 0.346 e. The van der Waals surface area contributed by atoms with Crippen LogP contribution in [0, 0.1) is 0 Å². The average molecular weight is 514 g/mol. The van der Waals surface area contributed by atoms with Crippen molar-refractivity contribution in [3.8, 4) is 17.0 Å². The number of rotatable bonds is 10. The zero-order valence-electron chi connectivity index (χ0n) is 23.2. The van der Waals surface area contributed by atoms with E-state index < -0.39 is 0 Å². The average Bonchev–Trinajstić information content (AvgIpc) is 3.19. The summed E-state index contributed by atoms with van der Waals surface area (Å²) >= 11 is 0. The van der Waals surface area contributed by atoms with Crippen LogP contribution in [-0.2, 0) is 31.3 Å². The minimum absolute atomic E-state index is 0.0473. The Labute approximate surface area is 225 Å². The van der Waals surface area contributed by atoms with Crippen molar-refractivity contribution in [1.82, 2.24) is 19.3 Å². The Morgan fingerprint density at radius 1 is 0.895 bits per heavy atom. The van der Waals surface area contributed by atoms with Crippen molar-refractivity contribution in [2.24, 2.45) is 0 Å². The van der Waals surface area contributed by atoms with Gasteiger partial charge in [-0.2, -0.15) is 5.10 Å². The Morgan fingerprint density at radius 3 is 2.18 bits per heavy atom. The highest BCUT2D eigenvalue weighted by Gasteiger charge is 2.15. The summed E-state index contributed by atoms with van der Waals surface area (Å²) in [6, 6.07) is 20.6. The van der Waals surface area contributed by atoms with Crippen molar-refractivity contribution in [2.75, 3.05) is 12.3 Å². The summed E-state index contributed by atoms with van der Waals surface area (Å²) < 4.78 is 8.86. The lowest BCUT2D eigenvalue weighted by atomic mass is 9.87. The Kier molecular flexibility index (Phi) is 8.35. The Balaban J connectivity index is 1.38. The molecule has 0 amide bonds. The van der Waals surface area contributed by atoms with Crippen molar-refractivity contribution in [2.45, 2.75) is 72.4 Å². The lowest BCUT2D eigenvalue weighted by Gasteiger charge is -2.19. The molecule has 2 heterocycles. The SMILES string of the molecule is CCOc1ccc(-c2ccc(CCCc3nn(Cc4ccc(C(C)(C)C)cc4)c(=O)n3CC)cc2)nc1N. The zero-order valence-corrected chi connectivity index (χ0v) is 23.2. The second-order valence-corrected chi connectivity index (χ2v) is 10.6. The van der Waals surface area contributed by atoms with Crippen molar-refractivity contribution >= 4 is 5.82 Å². The van der Waals surface area contributed by atoms with E-state index in [1.54, 1.807) is 9.25 Å². The van der Waals surface area contributed by atoms with Crippen LogP contribution in [0.25, 0.3) is 11.3 Å². The molecule has 0 spiro atoms. The molecule has 7 heteroatoms. The standard InChI is InChI=1S/C31H39N5O2/c1-6-35-28(34-36(30(35)37)21-23-13-17-25(18-14-23)31(3,4)5)10-8-9-22-11-15-24(16-12-22)26-19-20-27(38-7-2)29(32)33-26/h11-20H,6-10,21H2,1-5H3,(H2,32,33). The van der Waals surface area contributed by atoms with Crippen LogP contribution in [0.15, 0.2) is 65.5 Å². The molecule has 0 atom stereocenters. The van der Waals surface area contributed by atoms with Crippen LogP contribution in [-0.4, -0.2) is 25.9 Å². The molecule has 0 saturated carbocycles. The van der Waals surface area contributed by atoms with Gasteiger partial charge >= 0.3 is 5.69 Å². The van der Waals surface area contributed by atoms with Crippen molar-refractivity contribution < 1.29 is 4.74 Å². The second kappa shape index (κ2) is 11.7. The van der Waals surface area contributed by atoms with Crippen molar-refractivity contribution in [3.63, 3.8) is 0 Å². The number of pyridine rings is 1. The van der Waals surface area contributed by atoms with Crippen LogP contribution in [0.1, 0.15) is 63.6 Å². The third-order valence-electron chi connectivity index (χ3n) is 6.77. The predicted molar refractivity (Wildman–Crippen MR) is 154 cm³/mol. The van der Waals surface area contributed by atoms with Crippen LogP contribution in [0.2, 0.25) is 0 Å². The number of ether oxygens (including phenoxy) is 1. The monoisotopic (exact) mass is 513 g/mol. The summed E-state index contributed by atoms with van der Waals surface area (Å²) in [4.78, 5) is 17.5. The lowest BCUT2D eigenvalue weighted by Crippen LogP contribution is -2.25. The van der Waals surface area contributed by atoms with Gasteiger partial charge in [0.15, 0.2) is 11.6 Å². The van der Waals surface area contributed by atoms with E-state index in [2.05, 4.69) is 74.3 Å². The first kappa shape index (κ1) is 27.2. The summed E-state index contributed by atoms with van der Waals surface area (Å²) in [5.74, 6) is 1.85. The third kappa shape index (κ3) is 6.33. The second-order valence-electron chi connectivity index (χ2n) is 10.6. The molecule has 0 aliphatic rings. The summed E-state index contributed by atoms with van der Waals surface area (Å²) in [6.07, 6.45) is 2.56. The number of nitrogen functional groups attached to an aromatic ring is 1. The molecule has 2 N–H and O–H groups in total. The fourth-order valence-corrected chi connectivity index (χ4v) is 4.57. The van der Waals surface area contributed by atoms with Crippen molar-refractivity contribution in [3.05, 3.63) is 93.7 Å². The van der Waals surface area contributed by atoms with Gasteiger partial charge in [0.1, 0.15) is 5.82 Å². The van der Waals surface area contributed by atoms with E-state index in [9.17, 15) is 4.79 Å². The zero-order chi connectivity index (χ0) is 27.3. The van der Waals surface area contributed by atoms with Crippen LogP contribution < -0.4 is 16.2 Å². The molecule has 0 aliphatic heterocycles. The first-order valence-corrected chi connectivity index (χ1v) is 13.4. The number of benzene rings is 2. The van der Waals surface area contributed by atoms with Gasteiger partial charge in [-0.25, -0.2) is 14.5 Å². The highest BCUT2D eigenvalue weighted by molar-refractivity contribution is 5.63. The van der Waals surface area contributed by atoms with Crippen LogP contribution in [0.4, 0.5) is 5.82 Å². The van der Waals surface area contributed by atoms with Gasteiger partial charge in [0.2, 0.25) is 0 Å². The Morgan fingerprint density at radius 2 is 1.58 bits per heavy atom. The topological polar surface area (TPSA) is 88.0 Å². The normalized spacial score (nSPS) is 11.6. The quantitative estimate of drug-likeness (QED) is 0.297. The number of hydrogen-bond acceptors (Lipinski definition) is 5. The minimum Gasteiger partial charge on any atom is -0.490 e. The Hall–Kier alpha value is -3.87. The van der Waals surface area contributed by atoms with Gasteiger partial charge in [0.05, 0.1) is 18.8 Å². The first-order chi connectivity index (χ1) is 18.2. The molecule has 0 radical (unpaired) electrons. The highest BCUT2D eigenvalue weighted by Crippen LogP contribution is 2.26. The van der Waals surface area contributed by atoms with E-state index in [1.807, 2.05) is 26.0 Å². The predicted octanol–water partition coefficient (Wildman–Crippen LogP) is 5.63. The Bertz CT molecular complexity index is 1410. The van der Waals surface area contributed by atoms with Gasteiger partial charge in [-0.05, 0) is 60.9 Å². The molecule has 38 heavy (non-hydrogen) atoms. The van der Waals surface area contributed by atoms with Gasteiger partial charge < -0.3 is 10.5 Å². The van der Waals surface area contributed by atoms with E-state index in [0.717, 1.165) is 41.9 Å².